The van der Waals surface area contributed by atoms with Crippen LogP contribution in [0.3, 0.4) is 0 Å². The molecule has 118 valence electrons. The lowest BCUT2D eigenvalue weighted by Crippen LogP contribution is -2.45. The van der Waals surface area contributed by atoms with Gasteiger partial charge in [-0.05, 0) is 30.2 Å². The Kier molecular flexibility index (Phi) is 6.29. The third-order valence-corrected chi connectivity index (χ3v) is 5.21. The highest BCUT2D eigenvalue weighted by molar-refractivity contribution is 5.19. The Balaban J connectivity index is 2.04. The smallest absolute Gasteiger partial charge is 0.0322 e. The zero-order valence-corrected chi connectivity index (χ0v) is 14.2. The second-order valence-electron chi connectivity index (χ2n) is 7.41. The Morgan fingerprint density at radius 2 is 1.90 bits per heavy atom. The summed E-state index contributed by atoms with van der Waals surface area (Å²) in [5.41, 5.74) is 1.91. The average molecular weight is 287 g/mol. The Morgan fingerprint density at radius 1 is 1.14 bits per heavy atom. The number of benzene rings is 1. The highest BCUT2D eigenvalue weighted by Crippen LogP contribution is 2.37. The molecule has 1 fully saturated rings. The minimum atomic E-state index is 0.441. The van der Waals surface area contributed by atoms with Crippen molar-refractivity contribution in [2.45, 2.75) is 84.2 Å². The van der Waals surface area contributed by atoms with Crippen LogP contribution in [0.25, 0.3) is 0 Å². The molecule has 0 saturated heterocycles. The van der Waals surface area contributed by atoms with Gasteiger partial charge in [-0.15, -0.1) is 0 Å². The lowest BCUT2D eigenvalue weighted by Gasteiger charge is -2.41. The number of nitrogens with one attached hydrogen (secondary N) is 1. The van der Waals surface area contributed by atoms with Crippen LogP contribution in [0.2, 0.25) is 0 Å². The van der Waals surface area contributed by atoms with Crippen molar-refractivity contribution in [2.24, 2.45) is 5.41 Å². The van der Waals surface area contributed by atoms with E-state index in [0.29, 0.717) is 17.5 Å². The van der Waals surface area contributed by atoms with Crippen LogP contribution in [-0.2, 0) is 0 Å². The normalized spacial score (nSPS) is 22.9. The standard InChI is InChI=1S/C20H33N/c1-4-5-7-14-18(17-12-8-6-9-13-17)21-19-15-10-11-16-20(19,2)3/h6,8-9,12-13,18-19,21H,4-5,7,10-11,14-16H2,1-3H3. The van der Waals surface area contributed by atoms with E-state index in [0.717, 1.165) is 0 Å². The van der Waals surface area contributed by atoms with Gasteiger partial charge in [-0.25, -0.2) is 0 Å². The zero-order valence-electron chi connectivity index (χ0n) is 14.2. The van der Waals surface area contributed by atoms with Crippen molar-refractivity contribution in [3.63, 3.8) is 0 Å². The van der Waals surface area contributed by atoms with Crippen molar-refractivity contribution in [1.82, 2.24) is 5.32 Å². The van der Waals surface area contributed by atoms with Gasteiger partial charge in [0.1, 0.15) is 0 Å². The van der Waals surface area contributed by atoms with Crippen molar-refractivity contribution in [3.8, 4) is 0 Å². The van der Waals surface area contributed by atoms with Gasteiger partial charge in [-0.3, -0.25) is 0 Å². The Morgan fingerprint density at radius 3 is 2.57 bits per heavy atom. The first-order valence-electron chi connectivity index (χ1n) is 8.94. The molecule has 1 aliphatic carbocycles. The third kappa shape index (κ3) is 4.85. The Hall–Kier alpha value is -0.820. The SMILES string of the molecule is CCCCCC(NC1CCCCC1(C)C)c1ccccc1. The Bertz CT molecular complexity index is 396. The van der Waals surface area contributed by atoms with Gasteiger partial charge in [-0.1, -0.05) is 83.2 Å². The predicted octanol–water partition coefficient (Wildman–Crippen LogP) is 5.87. The summed E-state index contributed by atoms with van der Waals surface area (Å²) < 4.78 is 0. The molecular weight excluding hydrogens is 254 g/mol. The molecular formula is C20H33N. The highest BCUT2D eigenvalue weighted by Gasteiger charge is 2.33. The molecule has 1 saturated carbocycles. The Labute approximate surface area is 131 Å². The first-order valence-corrected chi connectivity index (χ1v) is 8.94. The maximum Gasteiger partial charge on any atom is 0.0322 e. The predicted molar refractivity (Wildman–Crippen MR) is 92.5 cm³/mol. The minimum Gasteiger partial charge on any atom is -0.307 e. The zero-order chi connectivity index (χ0) is 15.1. The molecule has 2 unspecified atom stereocenters. The fourth-order valence-electron chi connectivity index (χ4n) is 3.68. The summed E-state index contributed by atoms with van der Waals surface area (Å²) in [5, 5.41) is 4.02. The second-order valence-corrected chi connectivity index (χ2v) is 7.41. The van der Waals surface area contributed by atoms with Crippen molar-refractivity contribution >= 4 is 0 Å². The summed E-state index contributed by atoms with van der Waals surface area (Å²) >= 11 is 0. The summed E-state index contributed by atoms with van der Waals surface area (Å²) in [6, 6.07) is 12.3. The third-order valence-electron chi connectivity index (χ3n) is 5.21. The molecule has 1 aliphatic rings. The second kappa shape index (κ2) is 7.98. The van der Waals surface area contributed by atoms with Crippen LogP contribution in [0.1, 0.15) is 83.7 Å². The average Bonchev–Trinajstić information content (AvgIpc) is 2.49. The van der Waals surface area contributed by atoms with Crippen LogP contribution in [0.15, 0.2) is 30.3 Å². The number of unbranched alkanes of at least 4 members (excludes halogenated alkanes) is 2. The molecule has 1 aromatic rings. The number of hydrogen-bond donors (Lipinski definition) is 1. The van der Waals surface area contributed by atoms with E-state index in [2.05, 4.69) is 56.4 Å². The monoisotopic (exact) mass is 287 g/mol. The van der Waals surface area contributed by atoms with Gasteiger partial charge in [0.2, 0.25) is 0 Å². The molecule has 0 aromatic heterocycles. The molecule has 0 radical (unpaired) electrons. The summed E-state index contributed by atoms with van der Waals surface area (Å²) in [5.74, 6) is 0. The van der Waals surface area contributed by atoms with Crippen LogP contribution in [0.5, 0.6) is 0 Å². The number of rotatable bonds is 7. The first-order chi connectivity index (χ1) is 10.1. The van der Waals surface area contributed by atoms with E-state index in [1.807, 2.05) is 0 Å². The van der Waals surface area contributed by atoms with Gasteiger partial charge in [0.05, 0.1) is 0 Å². The molecule has 0 heterocycles. The maximum atomic E-state index is 4.02. The van der Waals surface area contributed by atoms with Gasteiger partial charge >= 0.3 is 0 Å². The summed E-state index contributed by atoms with van der Waals surface area (Å²) in [7, 11) is 0. The molecule has 1 N–H and O–H groups in total. The van der Waals surface area contributed by atoms with E-state index in [1.54, 1.807) is 0 Å². The molecule has 0 aliphatic heterocycles. The summed E-state index contributed by atoms with van der Waals surface area (Å²) in [6.45, 7) is 7.17. The summed E-state index contributed by atoms with van der Waals surface area (Å²) in [6.07, 6.45) is 10.7. The molecule has 2 atom stereocenters. The molecule has 1 nitrogen and oxygen atoms in total. The largest absolute Gasteiger partial charge is 0.307 e. The van der Waals surface area contributed by atoms with Crippen LogP contribution >= 0.6 is 0 Å². The highest BCUT2D eigenvalue weighted by atomic mass is 15.0. The lowest BCUT2D eigenvalue weighted by atomic mass is 9.73. The van der Waals surface area contributed by atoms with E-state index in [1.165, 1.54) is 56.9 Å². The summed E-state index contributed by atoms with van der Waals surface area (Å²) in [4.78, 5) is 0. The van der Waals surface area contributed by atoms with Crippen molar-refractivity contribution in [3.05, 3.63) is 35.9 Å². The van der Waals surface area contributed by atoms with Crippen LogP contribution in [0.4, 0.5) is 0 Å². The van der Waals surface area contributed by atoms with Gasteiger partial charge in [0.15, 0.2) is 0 Å². The van der Waals surface area contributed by atoms with E-state index in [-0.39, 0.29) is 0 Å². The van der Waals surface area contributed by atoms with Gasteiger partial charge in [0.25, 0.3) is 0 Å². The maximum absolute atomic E-state index is 4.02. The lowest BCUT2D eigenvalue weighted by molar-refractivity contribution is 0.152. The molecule has 1 aromatic carbocycles. The minimum absolute atomic E-state index is 0.441. The van der Waals surface area contributed by atoms with Crippen molar-refractivity contribution in [2.75, 3.05) is 0 Å². The molecule has 0 bridgehead atoms. The van der Waals surface area contributed by atoms with E-state index >= 15 is 0 Å². The van der Waals surface area contributed by atoms with E-state index < -0.39 is 0 Å². The fourth-order valence-corrected chi connectivity index (χ4v) is 3.68. The van der Waals surface area contributed by atoms with Crippen molar-refractivity contribution in [1.29, 1.82) is 0 Å². The van der Waals surface area contributed by atoms with Gasteiger partial charge in [0, 0.05) is 12.1 Å². The number of hydrogen-bond acceptors (Lipinski definition) is 1. The van der Waals surface area contributed by atoms with Crippen LogP contribution in [0, 0.1) is 5.41 Å². The van der Waals surface area contributed by atoms with Crippen LogP contribution < -0.4 is 5.32 Å². The molecule has 0 amide bonds. The fraction of sp³-hybridized carbons (Fsp3) is 0.700. The topological polar surface area (TPSA) is 12.0 Å². The first kappa shape index (κ1) is 16.5. The van der Waals surface area contributed by atoms with Gasteiger partial charge in [-0.2, -0.15) is 0 Å². The van der Waals surface area contributed by atoms with Crippen molar-refractivity contribution < 1.29 is 0 Å². The molecule has 1 heteroatoms. The van der Waals surface area contributed by atoms with E-state index in [9.17, 15) is 0 Å². The van der Waals surface area contributed by atoms with Crippen LogP contribution in [-0.4, -0.2) is 6.04 Å². The van der Waals surface area contributed by atoms with E-state index in [4.69, 9.17) is 0 Å². The molecule has 2 rings (SSSR count). The quantitative estimate of drug-likeness (QED) is 0.619. The van der Waals surface area contributed by atoms with Gasteiger partial charge < -0.3 is 5.32 Å². The molecule has 0 spiro atoms. The molecule has 21 heavy (non-hydrogen) atoms.